The number of aromatic nitrogens is 4. The molecule has 0 saturated carbocycles. The van der Waals surface area contributed by atoms with Gasteiger partial charge in [-0.2, -0.15) is 5.10 Å². The summed E-state index contributed by atoms with van der Waals surface area (Å²) in [6.07, 6.45) is 0. The van der Waals surface area contributed by atoms with Gasteiger partial charge in [0.25, 0.3) is 0 Å². The zero-order valence-corrected chi connectivity index (χ0v) is 17.3. The first-order valence-corrected chi connectivity index (χ1v) is 10.5. The molecule has 0 fully saturated rings. The molecule has 2 N–H and O–H groups in total. The topological polar surface area (TPSA) is 102 Å². The summed E-state index contributed by atoms with van der Waals surface area (Å²) in [6, 6.07) is 9.87. The molecule has 0 saturated heterocycles. The van der Waals surface area contributed by atoms with Crippen molar-refractivity contribution in [3.63, 3.8) is 0 Å². The fourth-order valence-corrected chi connectivity index (χ4v) is 4.04. The Labute approximate surface area is 169 Å². The Morgan fingerprint density at radius 3 is 2.54 bits per heavy atom. The van der Waals surface area contributed by atoms with Crippen LogP contribution in [0, 0.1) is 20.8 Å². The Bertz CT molecular complexity index is 1100. The highest BCUT2D eigenvalue weighted by molar-refractivity contribution is 7.89. The van der Waals surface area contributed by atoms with Gasteiger partial charge in [0.1, 0.15) is 11.6 Å². The molecular weight excluding hydrogens is 400 g/mol. The van der Waals surface area contributed by atoms with Gasteiger partial charge < -0.3 is 5.32 Å². The molecule has 0 aliphatic carbocycles. The van der Waals surface area contributed by atoms with Crippen LogP contribution in [0.1, 0.15) is 17.2 Å². The number of hydrogen-bond acceptors (Lipinski definition) is 6. The molecule has 2 aromatic heterocycles. The van der Waals surface area contributed by atoms with Crippen molar-refractivity contribution in [3.8, 4) is 5.82 Å². The third-order valence-corrected chi connectivity index (χ3v) is 5.57. The molecule has 28 heavy (non-hydrogen) atoms. The van der Waals surface area contributed by atoms with Gasteiger partial charge in [-0.05, 0) is 45.0 Å². The van der Waals surface area contributed by atoms with Crippen molar-refractivity contribution < 1.29 is 8.42 Å². The maximum atomic E-state index is 12.3. The van der Waals surface area contributed by atoms with Crippen LogP contribution in [-0.2, 0) is 10.0 Å². The number of rotatable bonds is 7. The van der Waals surface area contributed by atoms with Gasteiger partial charge in [-0.3, -0.25) is 0 Å². The Hall–Kier alpha value is -2.49. The zero-order chi connectivity index (χ0) is 20.3. The molecule has 1 aromatic carbocycles. The molecule has 0 aliphatic heterocycles. The SMILES string of the molecule is Cc1cc(C)n(-c2cc(NCCNS(=O)(=O)c3cccc(Cl)c3)nc(C)n2)n1. The maximum absolute atomic E-state index is 12.3. The number of nitrogens with one attached hydrogen (secondary N) is 2. The molecule has 0 amide bonds. The number of nitrogens with zero attached hydrogens (tertiary/aromatic N) is 4. The van der Waals surface area contributed by atoms with E-state index in [0.29, 0.717) is 29.0 Å². The van der Waals surface area contributed by atoms with Crippen LogP contribution >= 0.6 is 11.6 Å². The van der Waals surface area contributed by atoms with Crippen LogP contribution in [0.25, 0.3) is 5.82 Å². The quantitative estimate of drug-likeness (QED) is 0.570. The van der Waals surface area contributed by atoms with E-state index < -0.39 is 10.0 Å². The molecule has 3 aromatic rings. The van der Waals surface area contributed by atoms with E-state index in [1.54, 1.807) is 29.8 Å². The third-order valence-electron chi connectivity index (χ3n) is 3.88. The van der Waals surface area contributed by atoms with Crippen molar-refractivity contribution in [1.29, 1.82) is 0 Å². The maximum Gasteiger partial charge on any atom is 0.240 e. The lowest BCUT2D eigenvalue weighted by atomic mass is 10.4. The normalized spacial score (nSPS) is 11.6. The fraction of sp³-hybridized carbons (Fsp3) is 0.278. The van der Waals surface area contributed by atoms with E-state index in [1.807, 2.05) is 19.9 Å². The molecule has 0 bridgehead atoms. The second-order valence-corrected chi connectivity index (χ2v) is 8.48. The largest absolute Gasteiger partial charge is 0.369 e. The van der Waals surface area contributed by atoms with Crippen molar-refractivity contribution in [3.05, 3.63) is 58.6 Å². The first-order chi connectivity index (χ1) is 13.2. The molecule has 0 aliphatic rings. The third kappa shape index (κ3) is 4.86. The molecule has 2 heterocycles. The van der Waals surface area contributed by atoms with Crippen molar-refractivity contribution in [2.24, 2.45) is 0 Å². The second kappa shape index (κ2) is 8.26. The van der Waals surface area contributed by atoms with Crippen LogP contribution in [0.5, 0.6) is 0 Å². The predicted octanol–water partition coefficient (Wildman–Crippen LogP) is 2.63. The first-order valence-electron chi connectivity index (χ1n) is 8.63. The highest BCUT2D eigenvalue weighted by Gasteiger charge is 2.13. The summed E-state index contributed by atoms with van der Waals surface area (Å²) < 4.78 is 28.9. The highest BCUT2D eigenvalue weighted by Crippen LogP contribution is 2.15. The molecule has 3 rings (SSSR count). The van der Waals surface area contributed by atoms with E-state index in [1.165, 1.54) is 12.1 Å². The minimum absolute atomic E-state index is 0.129. The van der Waals surface area contributed by atoms with Crippen LogP contribution in [0.3, 0.4) is 0 Å². The summed E-state index contributed by atoms with van der Waals surface area (Å²) in [6.45, 7) is 6.21. The fourth-order valence-electron chi connectivity index (χ4n) is 2.71. The van der Waals surface area contributed by atoms with E-state index >= 15 is 0 Å². The van der Waals surface area contributed by atoms with Gasteiger partial charge in [0, 0.05) is 29.9 Å². The van der Waals surface area contributed by atoms with Crippen LogP contribution in [0.4, 0.5) is 5.82 Å². The van der Waals surface area contributed by atoms with Gasteiger partial charge in [0.05, 0.1) is 10.6 Å². The molecule has 0 atom stereocenters. The number of halogens is 1. The lowest BCUT2D eigenvalue weighted by Crippen LogP contribution is -2.29. The first kappa shape index (κ1) is 20.2. The van der Waals surface area contributed by atoms with Crippen LogP contribution in [-0.4, -0.2) is 41.3 Å². The Kier molecular flexibility index (Phi) is 5.97. The number of hydrogen-bond donors (Lipinski definition) is 2. The molecule has 148 valence electrons. The number of anilines is 1. The molecular formula is C18H21ClN6O2S. The summed E-state index contributed by atoms with van der Waals surface area (Å²) in [5.41, 5.74) is 1.87. The van der Waals surface area contributed by atoms with Gasteiger partial charge in [-0.1, -0.05) is 17.7 Å². The Balaban J connectivity index is 1.64. The lowest BCUT2D eigenvalue weighted by Gasteiger charge is -2.11. The summed E-state index contributed by atoms with van der Waals surface area (Å²) >= 11 is 5.86. The predicted molar refractivity (Wildman–Crippen MR) is 108 cm³/mol. The van der Waals surface area contributed by atoms with E-state index in [2.05, 4.69) is 25.1 Å². The van der Waals surface area contributed by atoms with Crippen molar-refractivity contribution in [2.75, 3.05) is 18.4 Å². The van der Waals surface area contributed by atoms with Gasteiger partial charge in [0.15, 0.2) is 5.82 Å². The zero-order valence-electron chi connectivity index (χ0n) is 15.8. The average molecular weight is 421 g/mol. The van der Waals surface area contributed by atoms with Gasteiger partial charge in [-0.15, -0.1) is 0 Å². The standard InChI is InChI=1S/C18H21ClN6O2S/c1-12-9-13(2)25(24-12)18-11-17(22-14(3)23-18)20-7-8-21-28(26,27)16-6-4-5-15(19)10-16/h4-6,9-11,21H,7-8H2,1-3H3,(H,20,22,23). The van der Waals surface area contributed by atoms with E-state index in [-0.39, 0.29) is 11.4 Å². The van der Waals surface area contributed by atoms with E-state index in [0.717, 1.165) is 11.4 Å². The summed E-state index contributed by atoms with van der Waals surface area (Å²) in [5.74, 6) is 1.84. The van der Waals surface area contributed by atoms with E-state index in [4.69, 9.17) is 11.6 Å². The van der Waals surface area contributed by atoms with Crippen LogP contribution in [0.15, 0.2) is 41.3 Å². The van der Waals surface area contributed by atoms with Crippen LogP contribution in [0.2, 0.25) is 5.02 Å². The van der Waals surface area contributed by atoms with Gasteiger partial charge in [0.2, 0.25) is 10.0 Å². The number of benzene rings is 1. The molecule has 8 nitrogen and oxygen atoms in total. The smallest absolute Gasteiger partial charge is 0.240 e. The average Bonchev–Trinajstić information content (AvgIpc) is 2.97. The Morgan fingerprint density at radius 2 is 1.86 bits per heavy atom. The molecule has 10 heteroatoms. The second-order valence-electron chi connectivity index (χ2n) is 6.28. The number of aryl methyl sites for hydroxylation is 3. The molecule has 0 radical (unpaired) electrons. The highest BCUT2D eigenvalue weighted by atomic mass is 35.5. The van der Waals surface area contributed by atoms with Gasteiger partial charge in [-0.25, -0.2) is 27.8 Å². The molecule has 0 unspecified atom stereocenters. The van der Waals surface area contributed by atoms with Crippen molar-refractivity contribution in [2.45, 2.75) is 25.7 Å². The summed E-state index contributed by atoms with van der Waals surface area (Å²) in [7, 11) is -3.62. The van der Waals surface area contributed by atoms with E-state index in [9.17, 15) is 8.42 Å². The minimum atomic E-state index is -3.62. The van der Waals surface area contributed by atoms with Crippen LogP contribution < -0.4 is 10.0 Å². The monoisotopic (exact) mass is 420 g/mol. The summed E-state index contributed by atoms with van der Waals surface area (Å²) in [4.78, 5) is 8.89. The summed E-state index contributed by atoms with van der Waals surface area (Å²) in [5, 5.41) is 7.91. The van der Waals surface area contributed by atoms with Gasteiger partial charge >= 0.3 is 0 Å². The van der Waals surface area contributed by atoms with Crippen molar-refractivity contribution >= 4 is 27.4 Å². The number of sulfonamides is 1. The van der Waals surface area contributed by atoms with Crippen molar-refractivity contribution in [1.82, 2.24) is 24.5 Å². The molecule has 0 spiro atoms. The Morgan fingerprint density at radius 1 is 1.07 bits per heavy atom. The lowest BCUT2D eigenvalue weighted by molar-refractivity contribution is 0.583. The minimum Gasteiger partial charge on any atom is -0.369 e.